The highest BCUT2D eigenvalue weighted by Crippen LogP contribution is 2.25. The first kappa shape index (κ1) is 16.0. The molecule has 1 unspecified atom stereocenters. The van der Waals surface area contributed by atoms with Crippen LogP contribution in [0.25, 0.3) is 0 Å². The van der Waals surface area contributed by atoms with Gasteiger partial charge in [-0.25, -0.2) is 9.97 Å². The molecule has 0 spiro atoms. The summed E-state index contributed by atoms with van der Waals surface area (Å²) in [5.41, 5.74) is 1.14. The van der Waals surface area contributed by atoms with Gasteiger partial charge in [0.25, 0.3) is 0 Å². The van der Waals surface area contributed by atoms with Crippen LogP contribution >= 0.6 is 0 Å². The topological polar surface area (TPSA) is 44.3 Å². The zero-order valence-electron chi connectivity index (χ0n) is 14.1. The first-order chi connectivity index (χ1) is 10.0. The van der Waals surface area contributed by atoms with E-state index < -0.39 is 0 Å². The van der Waals surface area contributed by atoms with Crippen molar-refractivity contribution in [1.29, 1.82) is 0 Å². The van der Waals surface area contributed by atoms with Gasteiger partial charge in [-0.3, -0.25) is 0 Å². The van der Waals surface area contributed by atoms with Crippen LogP contribution < -0.4 is 10.2 Å². The summed E-state index contributed by atoms with van der Waals surface area (Å²) >= 11 is 0. The summed E-state index contributed by atoms with van der Waals surface area (Å²) in [7, 11) is 6.29. The molecular weight excluding hydrogens is 262 g/mol. The van der Waals surface area contributed by atoms with Crippen molar-refractivity contribution < 1.29 is 0 Å². The van der Waals surface area contributed by atoms with Crippen LogP contribution in [-0.4, -0.2) is 55.6 Å². The maximum Gasteiger partial charge on any atom is 0.137 e. The largest absolute Gasteiger partial charge is 0.373 e. The predicted octanol–water partition coefficient (Wildman–Crippen LogP) is 2.17. The molecule has 1 saturated heterocycles. The lowest BCUT2D eigenvalue weighted by molar-refractivity contribution is 0.395. The molecule has 118 valence electrons. The first-order valence-electron chi connectivity index (χ1n) is 8.00. The predicted molar refractivity (Wildman–Crippen MR) is 89.2 cm³/mol. The Hall–Kier alpha value is -1.36. The van der Waals surface area contributed by atoms with E-state index in [0.717, 1.165) is 48.3 Å². The van der Waals surface area contributed by atoms with Crippen LogP contribution in [0.15, 0.2) is 0 Å². The summed E-state index contributed by atoms with van der Waals surface area (Å²) in [5, 5.41) is 3.20. The minimum atomic E-state index is 0.738. The summed E-state index contributed by atoms with van der Waals surface area (Å²) < 4.78 is 0. The van der Waals surface area contributed by atoms with E-state index in [1.165, 1.54) is 19.5 Å². The molecule has 0 saturated carbocycles. The van der Waals surface area contributed by atoms with Crippen molar-refractivity contribution in [1.82, 2.24) is 14.9 Å². The Bertz CT molecular complexity index is 474. The lowest BCUT2D eigenvalue weighted by atomic mass is 10.1. The van der Waals surface area contributed by atoms with Crippen LogP contribution in [0.1, 0.15) is 31.2 Å². The Balaban J connectivity index is 2.18. The SMILES string of the molecule is CCCc1nc(NC)c(C)c(N(C)CC2CCN(C)C2)n1. The third kappa shape index (κ3) is 3.84. The molecular formula is C16H29N5. The van der Waals surface area contributed by atoms with E-state index in [-0.39, 0.29) is 0 Å². The van der Waals surface area contributed by atoms with Crippen molar-refractivity contribution in [2.75, 3.05) is 51.0 Å². The van der Waals surface area contributed by atoms with Gasteiger partial charge in [0.15, 0.2) is 0 Å². The number of nitrogens with zero attached hydrogens (tertiary/aromatic N) is 4. The van der Waals surface area contributed by atoms with E-state index in [1.807, 2.05) is 7.05 Å². The summed E-state index contributed by atoms with van der Waals surface area (Å²) in [6, 6.07) is 0. The molecule has 2 heterocycles. The number of anilines is 2. The van der Waals surface area contributed by atoms with Crippen LogP contribution in [0, 0.1) is 12.8 Å². The van der Waals surface area contributed by atoms with Gasteiger partial charge in [-0.1, -0.05) is 6.92 Å². The first-order valence-corrected chi connectivity index (χ1v) is 8.00. The normalized spacial score (nSPS) is 19.0. The smallest absolute Gasteiger partial charge is 0.137 e. The zero-order valence-corrected chi connectivity index (χ0v) is 14.1. The van der Waals surface area contributed by atoms with E-state index in [0.29, 0.717) is 0 Å². The highest BCUT2D eigenvalue weighted by Gasteiger charge is 2.22. The molecule has 1 fully saturated rings. The maximum atomic E-state index is 4.79. The van der Waals surface area contributed by atoms with E-state index in [2.05, 4.69) is 48.0 Å². The fourth-order valence-electron chi connectivity index (χ4n) is 3.15. The zero-order chi connectivity index (χ0) is 15.4. The molecule has 1 aromatic rings. The number of rotatable bonds is 6. The van der Waals surface area contributed by atoms with Crippen molar-refractivity contribution in [2.24, 2.45) is 5.92 Å². The number of hydrogen-bond acceptors (Lipinski definition) is 5. The molecule has 0 aliphatic carbocycles. The fourth-order valence-corrected chi connectivity index (χ4v) is 3.15. The highest BCUT2D eigenvalue weighted by atomic mass is 15.2. The molecule has 0 aromatic carbocycles. The third-order valence-corrected chi connectivity index (χ3v) is 4.26. The Morgan fingerprint density at radius 1 is 1.38 bits per heavy atom. The van der Waals surface area contributed by atoms with Crippen LogP contribution in [0.5, 0.6) is 0 Å². The van der Waals surface area contributed by atoms with Gasteiger partial charge in [0.05, 0.1) is 0 Å². The molecule has 0 amide bonds. The van der Waals surface area contributed by atoms with Gasteiger partial charge in [-0.2, -0.15) is 0 Å². The summed E-state index contributed by atoms with van der Waals surface area (Å²) in [4.78, 5) is 14.1. The number of hydrogen-bond donors (Lipinski definition) is 1. The van der Waals surface area contributed by atoms with E-state index in [4.69, 9.17) is 4.98 Å². The van der Waals surface area contributed by atoms with E-state index in [1.54, 1.807) is 0 Å². The van der Waals surface area contributed by atoms with Crippen molar-refractivity contribution in [3.63, 3.8) is 0 Å². The molecule has 1 aliphatic heterocycles. The second-order valence-corrected chi connectivity index (χ2v) is 6.23. The average Bonchev–Trinajstić information content (AvgIpc) is 2.86. The van der Waals surface area contributed by atoms with Gasteiger partial charge >= 0.3 is 0 Å². The molecule has 5 heteroatoms. The van der Waals surface area contributed by atoms with Crippen molar-refractivity contribution in [2.45, 2.75) is 33.1 Å². The lowest BCUT2D eigenvalue weighted by Gasteiger charge is -2.25. The van der Waals surface area contributed by atoms with E-state index >= 15 is 0 Å². The second-order valence-electron chi connectivity index (χ2n) is 6.23. The van der Waals surface area contributed by atoms with Gasteiger partial charge in [0, 0.05) is 39.2 Å². The number of nitrogens with one attached hydrogen (secondary N) is 1. The Kier molecular flexibility index (Phi) is 5.39. The van der Waals surface area contributed by atoms with Gasteiger partial charge in [0.1, 0.15) is 17.5 Å². The number of aryl methyl sites for hydroxylation is 1. The molecule has 2 rings (SSSR count). The van der Waals surface area contributed by atoms with Gasteiger partial charge in [0.2, 0.25) is 0 Å². The standard InChI is InChI=1S/C16H29N5/c1-6-7-14-18-15(17-3)12(2)16(19-14)21(5)11-13-8-9-20(4)10-13/h13H,6-11H2,1-5H3,(H,17,18,19). The van der Waals surface area contributed by atoms with Crippen molar-refractivity contribution in [3.8, 4) is 0 Å². The Morgan fingerprint density at radius 3 is 2.71 bits per heavy atom. The van der Waals surface area contributed by atoms with Gasteiger partial charge < -0.3 is 15.1 Å². The minimum Gasteiger partial charge on any atom is -0.373 e. The van der Waals surface area contributed by atoms with Crippen molar-refractivity contribution in [3.05, 3.63) is 11.4 Å². The molecule has 5 nitrogen and oxygen atoms in total. The average molecular weight is 291 g/mol. The molecule has 21 heavy (non-hydrogen) atoms. The molecule has 1 aliphatic rings. The molecule has 1 aromatic heterocycles. The van der Waals surface area contributed by atoms with Crippen molar-refractivity contribution >= 4 is 11.6 Å². The Labute approximate surface area is 128 Å². The molecule has 1 N–H and O–H groups in total. The minimum absolute atomic E-state index is 0.738. The van der Waals surface area contributed by atoms with Crippen LogP contribution in [0.2, 0.25) is 0 Å². The maximum absolute atomic E-state index is 4.79. The molecule has 0 bridgehead atoms. The summed E-state index contributed by atoms with van der Waals surface area (Å²) in [6.07, 6.45) is 3.29. The quantitative estimate of drug-likeness (QED) is 0.870. The van der Waals surface area contributed by atoms with Crippen LogP contribution in [0.4, 0.5) is 11.6 Å². The van der Waals surface area contributed by atoms with E-state index in [9.17, 15) is 0 Å². The highest BCUT2D eigenvalue weighted by molar-refractivity contribution is 5.58. The van der Waals surface area contributed by atoms with Gasteiger partial charge in [-0.05, 0) is 39.3 Å². The molecule has 0 radical (unpaired) electrons. The van der Waals surface area contributed by atoms with Gasteiger partial charge in [-0.15, -0.1) is 0 Å². The fraction of sp³-hybridized carbons (Fsp3) is 0.750. The number of likely N-dealkylation sites (tertiary alicyclic amines) is 1. The van der Waals surface area contributed by atoms with Crippen LogP contribution in [-0.2, 0) is 6.42 Å². The third-order valence-electron chi connectivity index (χ3n) is 4.26. The second kappa shape index (κ2) is 7.07. The monoisotopic (exact) mass is 291 g/mol. The summed E-state index contributed by atoms with van der Waals surface area (Å²) in [5.74, 6) is 3.71. The summed E-state index contributed by atoms with van der Waals surface area (Å²) in [6.45, 7) is 7.74. The molecule has 1 atom stereocenters. The lowest BCUT2D eigenvalue weighted by Crippen LogP contribution is -2.29. The van der Waals surface area contributed by atoms with Crippen LogP contribution in [0.3, 0.4) is 0 Å². The number of aromatic nitrogens is 2. The Morgan fingerprint density at radius 2 is 2.14 bits per heavy atom.